The number of benzene rings is 1. The molecule has 2 heteroatoms. The van der Waals surface area contributed by atoms with Crippen molar-refractivity contribution in [1.29, 1.82) is 0 Å². The van der Waals surface area contributed by atoms with Gasteiger partial charge in [-0.3, -0.25) is 0 Å². The number of aliphatic hydroxyl groups is 2. The van der Waals surface area contributed by atoms with E-state index >= 15 is 0 Å². The lowest BCUT2D eigenvalue weighted by Crippen LogP contribution is -1.93. The van der Waals surface area contributed by atoms with E-state index < -0.39 is 0 Å². The molecule has 0 amide bonds. The Kier molecular flexibility index (Phi) is 4.23. The zero-order chi connectivity index (χ0) is 9.52. The Morgan fingerprint density at radius 1 is 1.15 bits per heavy atom. The van der Waals surface area contributed by atoms with E-state index in [-0.39, 0.29) is 13.2 Å². The molecule has 0 saturated heterocycles. The topological polar surface area (TPSA) is 40.5 Å². The van der Waals surface area contributed by atoms with E-state index in [1.54, 1.807) is 0 Å². The summed E-state index contributed by atoms with van der Waals surface area (Å²) < 4.78 is 0. The first-order valence-electron chi connectivity index (χ1n) is 4.33. The molecule has 0 aliphatic carbocycles. The maximum Gasteiger partial charge on any atom is 0.0645 e. The molecule has 0 fully saturated rings. The van der Waals surface area contributed by atoms with E-state index in [0.717, 1.165) is 11.1 Å². The van der Waals surface area contributed by atoms with Crippen LogP contribution in [0.4, 0.5) is 0 Å². The van der Waals surface area contributed by atoms with Crippen LogP contribution in [0, 0.1) is 0 Å². The summed E-state index contributed by atoms with van der Waals surface area (Å²) in [7, 11) is 0. The van der Waals surface area contributed by atoms with Crippen molar-refractivity contribution < 1.29 is 10.2 Å². The molecule has 0 bridgehead atoms. The average molecular weight is 178 g/mol. The molecule has 0 spiro atoms. The molecule has 0 saturated carbocycles. The summed E-state index contributed by atoms with van der Waals surface area (Å²) in [5, 5.41) is 17.6. The number of hydrogen-bond acceptors (Lipinski definition) is 2. The van der Waals surface area contributed by atoms with Gasteiger partial charge in [0.05, 0.1) is 6.61 Å². The first-order valence-corrected chi connectivity index (χ1v) is 4.33. The lowest BCUT2D eigenvalue weighted by atomic mass is 10.1. The van der Waals surface area contributed by atoms with Crippen molar-refractivity contribution in [3.8, 4) is 0 Å². The van der Waals surface area contributed by atoms with Gasteiger partial charge < -0.3 is 10.2 Å². The second-order valence-electron chi connectivity index (χ2n) is 2.84. The van der Waals surface area contributed by atoms with Crippen molar-refractivity contribution in [1.82, 2.24) is 0 Å². The molecule has 13 heavy (non-hydrogen) atoms. The van der Waals surface area contributed by atoms with Crippen LogP contribution in [-0.4, -0.2) is 23.4 Å². The van der Waals surface area contributed by atoms with Gasteiger partial charge in [-0.1, -0.05) is 36.4 Å². The average Bonchev–Trinajstić information content (AvgIpc) is 2.19. The molecule has 0 unspecified atom stereocenters. The number of aliphatic hydroxyl groups excluding tert-OH is 2. The Morgan fingerprint density at radius 3 is 2.38 bits per heavy atom. The van der Waals surface area contributed by atoms with E-state index in [0.29, 0.717) is 6.42 Å². The maximum atomic E-state index is 8.94. The van der Waals surface area contributed by atoms with Crippen LogP contribution in [0.15, 0.2) is 35.9 Å². The largest absolute Gasteiger partial charge is 0.396 e. The van der Waals surface area contributed by atoms with Gasteiger partial charge >= 0.3 is 0 Å². The Labute approximate surface area is 78.2 Å². The predicted octanol–water partition coefficient (Wildman–Crippen LogP) is 1.44. The normalized spacial score (nSPS) is 11.7. The van der Waals surface area contributed by atoms with Crippen LogP contribution in [0.25, 0.3) is 6.08 Å². The standard InChI is InChI=1S/C11H14O2/c12-7-6-11(9-13)8-10-4-2-1-3-5-10/h1-5,8,12-13H,6-7,9H2/b11-8-. The molecule has 1 aromatic rings. The SMILES string of the molecule is OCC/C(=C/c1ccccc1)CO. The minimum atomic E-state index is 0.00938. The summed E-state index contributed by atoms with van der Waals surface area (Å²) in [6.45, 7) is 0.0919. The molecule has 2 nitrogen and oxygen atoms in total. The van der Waals surface area contributed by atoms with E-state index in [1.165, 1.54) is 0 Å². The number of rotatable bonds is 4. The molecule has 70 valence electrons. The molecule has 0 radical (unpaired) electrons. The third kappa shape index (κ3) is 3.40. The van der Waals surface area contributed by atoms with Crippen molar-refractivity contribution in [3.05, 3.63) is 41.5 Å². The van der Waals surface area contributed by atoms with Gasteiger partial charge in [-0.25, -0.2) is 0 Å². The van der Waals surface area contributed by atoms with Gasteiger partial charge in [0.1, 0.15) is 0 Å². The molecular weight excluding hydrogens is 164 g/mol. The Bertz CT molecular complexity index is 265. The van der Waals surface area contributed by atoms with Crippen LogP contribution in [0.1, 0.15) is 12.0 Å². The Balaban J connectivity index is 2.73. The summed E-state index contributed by atoms with van der Waals surface area (Å²) in [5.41, 5.74) is 1.91. The van der Waals surface area contributed by atoms with E-state index in [9.17, 15) is 0 Å². The summed E-state index contributed by atoms with van der Waals surface area (Å²) >= 11 is 0. The molecule has 0 aliphatic heterocycles. The van der Waals surface area contributed by atoms with Crippen LogP contribution in [0.5, 0.6) is 0 Å². The minimum absolute atomic E-state index is 0.00938. The molecule has 1 aromatic carbocycles. The van der Waals surface area contributed by atoms with Crippen LogP contribution >= 0.6 is 0 Å². The van der Waals surface area contributed by atoms with Crippen molar-refractivity contribution in [3.63, 3.8) is 0 Å². The van der Waals surface area contributed by atoms with Crippen molar-refractivity contribution in [2.75, 3.05) is 13.2 Å². The maximum absolute atomic E-state index is 8.94. The minimum Gasteiger partial charge on any atom is -0.396 e. The first kappa shape index (κ1) is 9.96. The lowest BCUT2D eigenvalue weighted by molar-refractivity contribution is 0.279. The van der Waals surface area contributed by atoms with Crippen LogP contribution in [0.3, 0.4) is 0 Å². The van der Waals surface area contributed by atoms with Crippen molar-refractivity contribution in [2.24, 2.45) is 0 Å². The monoisotopic (exact) mass is 178 g/mol. The first-order chi connectivity index (χ1) is 6.36. The molecule has 0 atom stereocenters. The van der Waals surface area contributed by atoms with Crippen LogP contribution < -0.4 is 0 Å². The zero-order valence-corrected chi connectivity index (χ0v) is 7.48. The number of hydrogen-bond donors (Lipinski definition) is 2. The van der Waals surface area contributed by atoms with E-state index in [4.69, 9.17) is 10.2 Å². The highest BCUT2D eigenvalue weighted by atomic mass is 16.3. The van der Waals surface area contributed by atoms with Gasteiger partial charge in [0.2, 0.25) is 0 Å². The van der Waals surface area contributed by atoms with Crippen molar-refractivity contribution >= 4 is 6.08 Å². The molecule has 0 aromatic heterocycles. The van der Waals surface area contributed by atoms with Crippen LogP contribution in [-0.2, 0) is 0 Å². The van der Waals surface area contributed by atoms with Gasteiger partial charge in [0, 0.05) is 6.61 Å². The zero-order valence-electron chi connectivity index (χ0n) is 7.48. The van der Waals surface area contributed by atoms with Crippen molar-refractivity contribution in [2.45, 2.75) is 6.42 Å². The highest BCUT2D eigenvalue weighted by Gasteiger charge is 1.94. The molecule has 0 heterocycles. The van der Waals surface area contributed by atoms with Gasteiger partial charge in [0.15, 0.2) is 0 Å². The molecule has 2 N–H and O–H groups in total. The van der Waals surface area contributed by atoms with E-state index in [2.05, 4.69) is 0 Å². The Hall–Kier alpha value is -1.12. The molecule has 0 aliphatic rings. The second kappa shape index (κ2) is 5.51. The third-order valence-corrected chi connectivity index (χ3v) is 1.81. The quantitative estimate of drug-likeness (QED) is 0.732. The fourth-order valence-electron chi connectivity index (χ4n) is 1.13. The molecular formula is C11H14O2. The second-order valence-corrected chi connectivity index (χ2v) is 2.84. The summed E-state index contributed by atoms with van der Waals surface area (Å²) in [5.74, 6) is 0. The summed E-state index contributed by atoms with van der Waals surface area (Å²) in [4.78, 5) is 0. The third-order valence-electron chi connectivity index (χ3n) is 1.81. The van der Waals surface area contributed by atoms with E-state index in [1.807, 2.05) is 36.4 Å². The smallest absolute Gasteiger partial charge is 0.0645 e. The van der Waals surface area contributed by atoms with Gasteiger partial charge in [-0.15, -0.1) is 0 Å². The fourth-order valence-corrected chi connectivity index (χ4v) is 1.13. The highest BCUT2D eigenvalue weighted by molar-refractivity contribution is 5.52. The Morgan fingerprint density at radius 2 is 1.85 bits per heavy atom. The lowest BCUT2D eigenvalue weighted by Gasteiger charge is -2.00. The van der Waals surface area contributed by atoms with Gasteiger partial charge in [-0.05, 0) is 17.6 Å². The summed E-state index contributed by atoms with van der Waals surface area (Å²) in [6.07, 6.45) is 2.43. The van der Waals surface area contributed by atoms with Crippen LogP contribution in [0.2, 0.25) is 0 Å². The summed E-state index contributed by atoms with van der Waals surface area (Å²) in [6, 6.07) is 9.77. The predicted molar refractivity (Wildman–Crippen MR) is 53.2 cm³/mol. The van der Waals surface area contributed by atoms with Gasteiger partial charge in [-0.2, -0.15) is 0 Å². The fraction of sp³-hybridized carbons (Fsp3) is 0.273. The highest BCUT2D eigenvalue weighted by Crippen LogP contribution is 2.08. The molecule has 1 rings (SSSR count). The van der Waals surface area contributed by atoms with Gasteiger partial charge in [0.25, 0.3) is 0 Å².